The first-order valence-electron chi connectivity index (χ1n) is 11.9. The molecule has 0 amide bonds. The summed E-state index contributed by atoms with van der Waals surface area (Å²) in [6.45, 7) is 2.95. The van der Waals surface area contributed by atoms with Crippen LogP contribution in [0.15, 0.2) is 24.3 Å². The molecular weight excluding hydrogens is 405 g/mol. The first-order valence-corrected chi connectivity index (χ1v) is 14.4. The molecule has 0 aromatic heterocycles. The van der Waals surface area contributed by atoms with Crippen LogP contribution in [0.2, 0.25) is 18.1 Å². The van der Waals surface area contributed by atoms with Gasteiger partial charge in [0.1, 0.15) is 11.5 Å². The Balaban J connectivity index is 1.32. The van der Waals surface area contributed by atoms with Crippen molar-refractivity contribution in [2.45, 2.75) is 89.2 Å². The van der Waals surface area contributed by atoms with Gasteiger partial charge in [0.25, 0.3) is 0 Å². The van der Waals surface area contributed by atoms with Crippen molar-refractivity contribution in [1.29, 1.82) is 0 Å². The molecule has 1 aliphatic heterocycles. The molecule has 0 atom stereocenters. The summed E-state index contributed by atoms with van der Waals surface area (Å²) in [6, 6.07) is 10.4. The van der Waals surface area contributed by atoms with Gasteiger partial charge in [-0.2, -0.15) is 0 Å². The van der Waals surface area contributed by atoms with Crippen molar-refractivity contribution in [3.8, 4) is 11.5 Å². The normalized spacial score (nSPS) is 27.6. The summed E-state index contributed by atoms with van der Waals surface area (Å²) in [5.41, 5.74) is 0. The van der Waals surface area contributed by atoms with Crippen LogP contribution in [0.4, 0.5) is 13.2 Å². The lowest BCUT2D eigenvalue weighted by molar-refractivity contribution is -0.274. The number of hydrogen-bond donors (Lipinski definition) is 0. The minimum atomic E-state index is -4.66. The number of rotatable bonds is 9. The minimum absolute atomic E-state index is 0.210. The van der Waals surface area contributed by atoms with E-state index in [1.165, 1.54) is 69.9 Å². The third kappa shape index (κ3) is 7.82. The van der Waals surface area contributed by atoms with Gasteiger partial charge in [-0.05, 0) is 67.7 Å². The average Bonchev–Trinajstić information content (AvgIpc) is 2.73. The molecule has 1 aromatic rings. The fraction of sp³-hybridized carbons (Fsp3) is 0.750. The number of benzene rings is 1. The molecule has 2 fully saturated rings. The topological polar surface area (TPSA) is 18.5 Å². The maximum Gasteiger partial charge on any atom is 0.573 e. The van der Waals surface area contributed by atoms with E-state index < -0.39 is 15.2 Å². The van der Waals surface area contributed by atoms with Crippen molar-refractivity contribution in [3.05, 3.63) is 24.3 Å². The molecule has 1 aromatic carbocycles. The molecule has 1 saturated carbocycles. The smallest absolute Gasteiger partial charge is 0.493 e. The molecule has 0 bridgehead atoms. The van der Waals surface area contributed by atoms with Gasteiger partial charge in [-0.1, -0.05) is 57.2 Å². The Morgan fingerprint density at radius 3 is 2.07 bits per heavy atom. The van der Waals surface area contributed by atoms with Gasteiger partial charge in [0.2, 0.25) is 0 Å². The Morgan fingerprint density at radius 2 is 1.47 bits per heavy atom. The number of ether oxygens (including phenoxy) is 2. The molecule has 1 aliphatic carbocycles. The van der Waals surface area contributed by atoms with E-state index in [0.717, 1.165) is 11.8 Å². The largest absolute Gasteiger partial charge is 0.573 e. The molecule has 2 nitrogen and oxygen atoms in total. The van der Waals surface area contributed by atoms with E-state index in [9.17, 15) is 13.2 Å². The quantitative estimate of drug-likeness (QED) is 0.290. The van der Waals surface area contributed by atoms with Crippen molar-refractivity contribution < 1.29 is 22.6 Å². The zero-order valence-corrected chi connectivity index (χ0v) is 19.4. The third-order valence-electron chi connectivity index (χ3n) is 7.21. The summed E-state index contributed by atoms with van der Waals surface area (Å²) in [5.74, 6) is 2.83. The fourth-order valence-electron chi connectivity index (χ4n) is 5.41. The van der Waals surface area contributed by atoms with E-state index in [1.54, 1.807) is 30.3 Å². The number of hydrogen-bond acceptors (Lipinski definition) is 2. The summed E-state index contributed by atoms with van der Waals surface area (Å²) < 4.78 is 46.4. The van der Waals surface area contributed by atoms with Crippen molar-refractivity contribution in [2.75, 3.05) is 6.61 Å². The van der Waals surface area contributed by atoms with E-state index >= 15 is 0 Å². The van der Waals surface area contributed by atoms with E-state index in [4.69, 9.17) is 4.74 Å². The van der Waals surface area contributed by atoms with Crippen LogP contribution in [0.1, 0.15) is 64.7 Å². The highest BCUT2D eigenvalue weighted by atomic mass is 28.3. The number of unbranched alkanes of at least 4 members (excludes halogenated alkanes) is 2. The van der Waals surface area contributed by atoms with Gasteiger partial charge < -0.3 is 9.47 Å². The maximum atomic E-state index is 12.2. The fourth-order valence-corrected chi connectivity index (χ4v) is 8.94. The zero-order valence-electron chi connectivity index (χ0n) is 18.3. The third-order valence-corrected chi connectivity index (χ3v) is 10.7. The van der Waals surface area contributed by atoms with Gasteiger partial charge in [0, 0.05) is 8.80 Å². The summed E-state index contributed by atoms with van der Waals surface area (Å²) in [6.07, 6.45) is 7.62. The second-order valence-corrected chi connectivity index (χ2v) is 12.9. The Morgan fingerprint density at radius 1 is 0.867 bits per heavy atom. The average molecular weight is 443 g/mol. The van der Waals surface area contributed by atoms with Crippen LogP contribution in [0, 0.1) is 17.8 Å². The van der Waals surface area contributed by atoms with Gasteiger partial charge >= 0.3 is 6.36 Å². The lowest BCUT2D eigenvalue weighted by Gasteiger charge is -2.37. The molecule has 2 aliphatic rings. The predicted octanol–water partition coefficient (Wildman–Crippen LogP) is 7.60. The van der Waals surface area contributed by atoms with Gasteiger partial charge in [0.15, 0.2) is 0 Å². The summed E-state index contributed by atoms with van der Waals surface area (Å²) in [5, 5.41) is 0. The van der Waals surface area contributed by atoms with E-state index in [-0.39, 0.29) is 5.75 Å². The van der Waals surface area contributed by atoms with Crippen molar-refractivity contribution in [2.24, 2.45) is 17.8 Å². The second kappa shape index (κ2) is 11.4. The van der Waals surface area contributed by atoms with Gasteiger partial charge in [-0.3, -0.25) is 0 Å². The van der Waals surface area contributed by atoms with Crippen molar-refractivity contribution in [1.82, 2.24) is 0 Å². The minimum Gasteiger partial charge on any atom is -0.493 e. The Bertz CT molecular complexity index is 604. The standard InChI is InChI=1S/C24H37F3O2Si/c1-2-3-4-15-30-16-13-21(14-17-30)20-7-5-19(6-8-20)18-28-22-9-11-23(12-10-22)29-24(25,26)27/h9-12,19-21,30H,2-8,13-18H2,1H3. The molecule has 6 heteroatoms. The lowest BCUT2D eigenvalue weighted by Crippen LogP contribution is -2.29. The first kappa shape index (κ1) is 23.5. The van der Waals surface area contributed by atoms with Crippen molar-refractivity contribution in [3.63, 3.8) is 0 Å². The van der Waals surface area contributed by atoms with Crippen LogP contribution in [-0.2, 0) is 0 Å². The van der Waals surface area contributed by atoms with E-state index in [0.29, 0.717) is 18.3 Å². The molecule has 30 heavy (non-hydrogen) atoms. The van der Waals surface area contributed by atoms with Crippen LogP contribution in [0.3, 0.4) is 0 Å². The summed E-state index contributed by atoms with van der Waals surface area (Å²) >= 11 is 0. The van der Waals surface area contributed by atoms with E-state index in [2.05, 4.69) is 11.7 Å². The Hall–Kier alpha value is -1.17. The predicted molar refractivity (Wildman–Crippen MR) is 118 cm³/mol. The highest BCUT2D eigenvalue weighted by molar-refractivity contribution is 6.58. The lowest BCUT2D eigenvalue weighted by atomic mass is 9.74. The van der Waals surface area contributed by atoms with Crippen LogP contribution in [-0.4, -0.2) is 21.8 Å². The first-order chi connectivity index (χ1) is 14.4. The van der Waals surface area contributed by atoms with Gasteiger partial charge in [-0.25, -0.2) is 0 Å². The van der Waals surface area contributed by atoms with Crippen LogP contribution < -0.4 is 9.47 Å². The van der Waals surface area contributed by atoms with Crippen LogP contribution >= 0.6 is 0 Å². The Kier molecular flexibility index (Phi) is 8.96. The molecule has 1 heterocycles. The highest BCUT2D eigenvalue weighted by Gasteiger charge is 2.32. The second-order valence-electron chi connectivity index (χ2n) is 9.39. The zero-order chi connectivity index (χ0) is 21.4. The number of alkyl halides is 3. The van der Waals surface area contributed by atoms with Crippen molar-refractivity contribution >= 4 is 8.80 Å². The molecule has 0 radical (unpaired) electrons. The molecule has 1 saturated heterocycles. The SMILES string of the molecule is CCCCC[SiH]1CCC(C2CCC(COc3ccc(OC(F)(F)F)cc3)CC2)CC1. The maximum absolute atomic E-state index is 12.2. The summed E-state index contributed by atoms with van der Waals surface area (Å²) in [4.78, 5) is 0. The summed E-state index contributed by atoms with van der Waals surface area (Å²) in [7, 11) is -0.416. The molecular formula is C24H37F3O2Si. The van der Waals surface area contributed by atoms with Gasteiger partial charge in [0.05, 0.1) is 6.61 Å². The highest BCUT2D eigenvalue weighted by Crippen LogP contribution is 2.41. The number of halogens is 3. The van der Waals surface area contributed by atoms with Gasteiger partial charge in [-0.15, -0.1) is 13.2 Å². The Labute approximate surface area is 181 Å². The molecule has 0 spiro atoms. The van der Waals surface area contributed by atoms with E-state index in [1.807, 2.05) is 0 Å². The molecule has 3 rings (SSSR count). The molecule has 170 valence electrons. The molecule has 0 unspecified atom stereocenters. The van der Waals surface area contributed by atoms with Crippen LogP contribution in [0.5, 0.6) is 11.5 Å². The monoisotopic (exact) mass is 442 g/mol. The van der Waals surface area contributed by atoms with Crippen LogP contribution in [0.25, 0.3) is 0 Å². The molecule has 0 N–H and O–H groups in total.